The Labute approximate surface area is 126 Å². The Bertz CT molecular complexity index is 612. The summed E-state index contributed by atoms with van der Waals surface area (Å²) >= 11 is 1.68. The molecule has 0 bridgehead atoms. The monoisotopic (exact) mass is 307 g/mol. The van der Waals surface area contributed by atoms with Crippen LogP contribution in [-0.2, 0) is 11.2 Å². The topological polar surface area (TPSA) is 95.0 Å². The third-order valence-electron chi connectivity index (χ3n) is 3.87. The highest BCUT2D eigenvalue weighted by Crippen LogP contribution is 2.34. The second-order valence-electron chi connectivity index (χ2n) is 5.27. The van der Waals surface area contributed by atoms with Gasteiger partial charge in [-0.3, -0.25) is 4.79 Å². The predicted octanol–water partition coefficient (Wildman–Crippen LogP) is 0.489. The quantitative estimate of drug-likeness (QED) is 0.860. The van der Waals surface area contributed by atoms with Crippen LogP contribution >= 0.6 is 11.3 Å². The van der Waals surface area contributed by atoms with Crippen molar-refractivity contribution in [2.24, 2.45) is 0 Å². The molecule has 0 saturated carbocycles. The second-order valence-corrected chi connectivity index (χ2v) is 6.22. The molecule has 2 aromatic rings. The number of likely N-dealkylation sites (tertiary alicyclic amines) is 1. The molecule has 1 amide bonds. The molecule has 1 aliphatic rings. The molecule has 0 aromatic carbocycles. The molecule has 112 valence electrons. The van der Waals surface area contributed by atoms with Crippen molar-refractivity contribution in [3.05, 3.63) is 27.7 Å². The number of aromatic nitrogens is 4. The van der Waals surface area contributed by atoms with Crippen LogP contribution in [-0.4, -0.2) is 55.7 Å². The first-order valence-corrected chi connectivity index (χ1v) is 7.75. The third kappa shape index (κ3) is 2.96. The lowest BCUT2D eigenvalue weighted by Gasteiger charge is -2.35. The summed E-state index contributed by atoms with van der Waals surface area (Å²) in [6.45, 7) is 3.07. The van der Waals surface area contributed by atoms with E-state index in [9.17, 15) is 9.90 Å². The van der Waals surface area contributed by atoms with Crippen LogP contribution in [0.3, 0.4) is 0 Å². The number of nitrogens with zero attached hydrogens (tertiary/aromatic N) is 4. The fourth-order valence-electron chi connectivity index (χ4n) is 2.73. The van der Waals surface area contributed by atoms with Gasteiger partial charge in [-0.05, 0) is 30.4 Å². The molecule has 2 N–H and O–H groups in total. The number of tetrazole rings is 1. The Kier molecular flexibility index (Phi) is 3.98. The molecule has 7 nitrogen and oxygen atoms in total. The molecule has 0 radical (unpaired) electrons. The number of rotatable bonds is 3. The summed E-state index contributed by atoms with van der Waals surface area (Å²) in [6.07, 6.45) is 0.372. The van der Waals surface area contributed by atoms with Gasteiger partial charge in [0.15, 0.2) is 5.82 Å². The SMILES string of the molecule is Cc1ccsc1[C@@H]1CCN(C(=O)Cc2nn[nH]n2)C[C@H]1O. The van der Waals surface area contributed by atoms with Gasteiger partial charge in [0.25, 0.3) is 0 Å². The maximum atomic E-state index is 12.2. The van der Waals surface area contributed by atoms with E-state index in [1.165, 1.54) is 10.4 Å². The first kappa shape index (κ1) is 14.2. The molecule has 3 rings (SSSR count). The van der Waals surface area contributed by atoms with Crippen molar-refractivity contribution in [2.75, 3.05) is 13.1 Å². The first-order valence-electron chi connectivity index (χ1n) is 6.87. The normalized spacial score (nSPS) is 22.5. The van der Waals surface area contributed by atoms with Crippen LogP contribution in [0.1, 0.15) is 28.6 Å². The van der Waals surface area contributed by atoms with Crippen molar-refractivity contribution in [2.45, 2.75) is 31.8 Å². The third-order valence-corrected chi connectivity index (χ3v) is 5.02. The number of aromatic amines is 1. The van der Waals surface area contributed by atoms with Crippen LogP contribution in [0.15, 0.2) is 11.4 Å². The van der Waals surface area contributed by atoms with Gasteiger partial charge in [0.1, 0.15) is 0 Å². The van der Waals surface area contributed by atoms with E-state index in [2.05, 4.69) is 33.6 Å². The Hall–Kier alpha value is -1.80. The zero-order valence-corrected chi connectivity index (χ0v) is 12.5. The summed E-state index contributed by atoms with van der Waals surface area (Å²) in [5.41, 5.74) is 1.22. The van der Waals surface area contributed by atoms with Crippen molar-refractivity contribution in [1.29, 1.82) is 0 Å². The van der Waals surface area contributed by atoms with Gasteiger partial charge in [-0.25, -0.2) is 0 Å². The molecule has 21 heavy (non-hydrogen) atoms. The number of aliphatic hydroxyl groups excluding tert-OH is 1. The minimum atomic E-state index is -0.523. The molecule has 1 fully saturated rings. The Balaban J connectivity index is 1.63. The van der Waals surface area contributed by atoms with Crippen LogP contribution in [0.5, 0.6) is 0 Å². The van der Waals surface area contributed by atoms with Gasteiger partial charge in [0.2, 0.25) is 5.91 Å². The van der Waals surface area contributed by atoms with Crippen LogP contribution in [0.4, 0.5) is 0 Å². The summed E-state index contributed by atoms with van der Waals surface area (Å²) in [5, 5.41) is 25.7. The molecule has 2 aromatic heterocycles. The van der Waals surface area contributed by atoms with Crippen LogP contribution in [0, 0.1) is 6.92 Å². The summed E-state index contributed by atoms with van der Waals surface area (Å²) in [6, 6.07) is 2.07. The van der Waals surface area contributed by atoms with E-state index in [4.69, 9.17) is 0 Å². The van der Waals surface area contributed by atoms with Gasteiger partial charge in [0, 0.05) is 23.9 Å². The van der Waals surface area contributed by atoms with E-state index in [-0.39, 0.29) is 18.2 Å². The number of hydrogen-bond acceptors (Lipinski definition) is 6. The molecule has 0 spiro atoms. The van der Waals surface area contributed by atoms with E-state index in [1.807, 2.05) is 5.38 Å². The number of nitrogens with one attached hydrogen (secondary N) is 1. The highest BCUT2D eigenvalue weighted by atomic mass is 32.1. The van der Waals surface area contributed by atoms with Gasteiger partial charge < -0.3 is 10.0 Å². The van der Waals surface area contributed by atoms with Crippen LogP contribution in [0.25, 0.3) is 0 Å². The molecule has 2 atom stereocenters. The van der Waals surface area contributed by atoms with Gasteiger partial charge >= 0.3 is 0 Å². The lowest BCUT2D eigenvalue weighted by Crippen LogP contribution is -2.46. The fraction of sp³-hybridized carbons (Fsp3) is 0.538. The van der Waals surface area contributed by atoms with E-state index < -0.39 is 6.10 Å². The highest BCUT2D eigenvalue weighted by molar-refractivity contribution is 7.10. The second kappa shape index (κ2) is 5.90. The standard InChI is InChI=1S/C13H17N5O2S/c1-8-3-5-21-13(8)9-2-4-18(7-10(9)19)12(20)6-11-14-16-17-15-11/h3,5,9-10,19H,2,4,6-7H2,1H3,(H,14,15,16,17)/t9-,10-/m1/s1. The van der Waals surface area contributed by atoms with Gasteiger partial charge in [-0.1, -0.05) is 5.21 Å². The number of carbonyl (C=O) groups is 1. The largest absolute Gasteiger partial charge is 0.391 e. The lowest BCUT2D eigenvalue weighted by molar-refractivity contribution is -0.134. The molecule has 3 heterocycles. The molecular weight excluding hydrogens is 290 g/mol. The Morgan fingerprint density at radius 3 is 3.10 bits per heavy atom. The van der Waals surface area contributed by atoms with Crippen LogP contribution in [0.2, 0.25) is 0 Å². The van der Waals surface area contributed by atoms with E-state index in [1.54, 1.807) is 16.2 Å². The minimum absolute atomic E-state index is 0.0724. The number of aliphatic hydroxyl groups is 1. The van der Waals surface area contributed by atoms with E-state index in [0.717, 1.165) is 6.42 Å². The molecular formula is C13H17N5O2S. The molecule has 1 saturated heterocycles. The number of β-amino-alcohol motifs (C(OH)–C–C–N with tert-alkyl or cyclic N) is 1. The molecule has 0 aliphatic carbocycles. The summed E-state index contributed by atoms with van der Waals surface area (Å²) in [5.74, 6) is 0.432. The van der Waals surface area contributed by atoms with Crippen LogP contribution < -0.4 is 0 Å². The number of aryl methyl sites for hydroxylation is 1. The number of carbonyl (C=O) groups excluding carboxylic acids is 1. The lowest BCUT2D eigenvalue weighted by atomic mass is 9.90. The van der Waals surface area contributed by atoms with Crippen molar-refractivity contribution in [1.82, 2.24) is 25.5 Å². The Morgan fingerprint density at radius 1 is 1.62 bits per heavy atom. The van der Waals surface area contributed by atoms with E-state index in [0.29, 0.717) is 18.9 Å². The average molecular weight is 307 g/mol. The number of H-pyrrole nitrogens is 1. The van der Waals surface area contributed by atoms with Crippen molar-refractivity contribution >= 4 is 17.2 Å². The van der Waals surface area contributed by atoms with E-state index >= 15 is 0 Å². The smallest absolute Gasteiger partial charge is 0.230 e. The summed E-state index contributed by atoms with van der Waals surface area (Å²) < 4.78 is 0. The van der Waals surface area contributed by atoms with Gasteiger partial charge in [0.05, 0.1) is 12.5 Å². The zero-order valence-electron chi connectivity index (χ0n) is 11.7. The number of piperidine rings is 1. The minimum Gasteiger partial charge on any atom is -0.391 e. The summed E-state index contributed by atoms with van der Waals surface area (Å²) in [7, 11) is 0. The summed E-state index contributed by atoms with van der Waals surface area (Å²) in [4.78, 5) is 15.1. The maximum Gasteiger partial charge on any atom is 0.230 e. The molecule has 8 heteroatoms. The number of hydrogen-bond donors (Lipinski definition) is 2. The predicted molar refractivity (Wildman–Crippen MR) is 76.9 cm³/mol. The molecule has 0 unspecified atom stereocenters. The number of amides is 1. The first-order chi connectivity index (χ1) is 10.1. The average Bonchev–Trinajstić information content (AvgIpc) is 3.10. The van der Waals surface area contributed by atoms with Gasteiger partial charge in [-0.15, -0.1) is 21.5 Å². The van der Waals surface area contributed by atoms with Crippen molar-refractivity contribution < 1.29 is 9.90 Å². The zero-order chi connectivity index (χ0) is 14.8. The van der Waals surface area contributed by atoms with Crippen molar-refractivity contribution in [3.63, 3.8) is 0 Å². The van der Waals surface area contributed by atoms with Gasteiger partial charge in [-0.2, -0.15) is 5.21 Å². The highest BCUT2D eigenvalue weighted by Gasteiger charge is 2.32. The number of thiophene rings is 1. The molecule has 1 aliphatic heterocycles. The Morgan fingerprint density at radius 2 is 2.48 bits per heavy atom. The fourth-order valence-corrected chi connectivity index (χ4v) is 3.86. The maximum absolute atomic E-state index is 12.2. The van der Waals surface area contributed by atoms with Crippen molar-refractivity contribution in [3.8, 4) is 0 Å².